The van der Waals surface area contributed by atoms with E-state index in [1.165, 1.54) is 4.68 Å². The molecule has 7 heteroatoms. The first-order chi connectivity index (χ1) is 14.1. The predicted octanol–water partition coefficient (Wildman–Crippen LogP) is 1.74. The van der Waals surface area contributed by atoms with Gasteiger partial charge in [-0.15, -0.1) is 5.10 Å². The highest BCUT2D eigenvalue weighted by Crippen LogP contribution is 2.13. The number of aromatic nitrogens is 3. The summed E-state index contributed by atoms with van der Waals surface area (Å²) in [6.07, 6.45) is 2.45. The maximum Gasteiger partial charge on any atom is 0.351 e. The molecule has 1 amide bonds. The fourth-order valence-corrected chi connectivity index (χ4v) is 2.96. The molecule has 0 saturated carbocycles. The lowest BCUT2D eigenvalue weighted by Crippen LogP contribution is -2.32. The van der Waals surface area contributed by atoms with Crippen LogP contribution in [0.5, 0.6) is 0 Å². The largest absolute Gasteiger partial charge is 0.356 e. The number of rotatable bonds is 9. The molecule has 0 aliphatic rings. The van der Waals surface area contributed by atoms with Gasteiger partial charge in [0.05, 0.1) is 12.2 Å². The van der Waals surface area contributed by atoms with Crippen LogP contribution in [-0.4, -0.2) is 33.3 Å². The second kappa shape index (κ2) is 9.84. The highest BCUT2D eigenvalue weighted by Gasteiger charge is 2.21. The van der Waals surface area contributed by atoms with Gasteiger partial charge in [-0.05, 0) is 30.7 Å². The van der Waals surface area contributed by atoms with Crippen LogP contribution >= 0.6 is 0 Å². The molecule has 1 heterocycles. The number of carbonyl (C=O) groups is 1. The molecule has 29 heavy (non-hydrogen) atoms. The zero-order valence-electron chi connectivity index (χ0n) is 16.5. The molecule has 3 rings (SSSR count). The molecule has 0 fully saturated rings. The summed E-state index contributed by atoms with van der Waals surface area (Å²) in [5.41, 5.74) is 6.89. The summed E-state index contributed by atoms with van der Waals surface area (Å²) in [6, 6.07) is 19.0. The maximum atomic E-state index is 13.1. The number of nitrogens with one attached hydrogen (secondary N) is 1. The second-order valence-corrected chi connectivity index (χ2v) is 6.85. The van der Waals surface area contributed by atoms with Crippen LogP contribution in [0, 0.1) is 12.3 Å². The molecule has 0 saturated heterocycles. The molecule has 0 bridgehead atoms. The van der Waals surface area contributed by atoms with Crippen LogP contribution in [0.25, 0.3) is 5.69 Å². The van der Waals surface area contributed by atoms with E-state index >= 15 is 0 Å². The minimum atomic E-state index is -0.437. The van der Waals surface area contributed by atoms with E-state index in [0.29, 0.717) is 31.1 Å². The van der Waals surface area contributed by atoms with E-state index in [0.717, 1.165) is 12.0 Å². The second-order valence-electron chi connectivity index (χ2n) is 6.85. The Morgan fingerprint density at radius 2 is 1.79 bits per heavy atom. The van der Waals surface area contributed by atoms with Crippen molar-refractivity contribution in [2.45, 2.75) is 19.9 Å². The Balaban J connectivity index is 1.90. The van der Waals surface area contributed by atoms with E-state index in [2.05, 4.69) is 10.4 Å². The normalized spacial score (nSPS) is 11.9. The number of hydrogen-bond donors (Lipinski definition) is 2. The number of nitrogens with zero attached hydrogens (tertiary/aromatic N) is 3. The lowest BCUT2D eigenvalue weighted by atomic mass is 10.1. The summed E-state index contributed by atoms with van der Waals surface area (Å²) >= 11 is 0. The summed E-state index contributed by atoms with van der Waals surface area (Å²) in [5.74, 6) is -0.0936. The maximum absolute atomic E-state index is 13.1. The molecule has 2 aromatic carbocycles. The first kappa shape index (κ1) is 20.5. The molecule has 1 unspecified atom stereocenters. The zero-order chi connectivity index (χ0) is 20.6. The Morgan fingerprint density at radius 1 is 1.14 bits per heavy atom. The number of nitrogens with two attached hydrogens (primary N) is 1. The van der Waals surface area contributed by atoms with Gasteiger partial charge in [0.15, 0.2) is 0 Å². The smallest absolute Gasteiger partial charge is 0.351 e. The molecule has 1 radical (unpaired) electrons. The van der Waals surface area contributed by atoms with Crippen molar-refractivity contribution in [3.63, 3.8) is 0 Å². The van der Waals surface area contributed by atoms with Crippen molar-refractivity contribution in [3.8, 4) is 5.69 Å². The summed E-state index contributed by atoms with van der Waals surface area (Å²) in [4.78, 5) is 25.4. The fourth-order valence-electron chi connectivity index (χ4n) is 2.96. The first-order valence-electron chi connectivity index (χ1n) is 9.72. The monoisotopic (exact) mass is 392 g/mol. The average Bonchev–Trinajstić information content (AvgIpc) is 3.05. The van der Waals surface area contributed by atoms with E-state index in [1.54, 1.807) is 17.9 Å². The summed E-state index contributed by atoms with van der Waals surface area (Å²) in [6.45, 7) is 3.22. The SMILES string of the molecule is CC([CH]c1nn(-c2ccccc2)c(=O)n1Cc1ccccc1)C(=O)NCCCN. The summed E-state index contributed by atoms with van der Waals surface area (Å²) in [7, 11) is 0. The van der Waals surface area contributed by atoms with Crippen LogP contribution in [0.4, 0.5) is 0 Å². The molecule has 3 aromatic rings. The first-order valence-corrected chi connectivity index (χ1v) is 9.72. The van der Waals surface area contributed by atoms with Crippen molar-refractivity contribution in [1.82, 2.24) is 19.7 Å². The quantitative estimate of drug-likeness (QED) is 0.542. The minimum Gasteiger partial charge on any atom is -0.356 e. The molecule has 1 aromatic heterocycles. The van der Waals surface area contributed by atoms with Crippen molar-refractivity contribution >= 4 is 5.91 Å². The van der Waals surface area contributed by atoms with E-state index in [-0.39, 0.29) is 11.6 Å². The van der Waals surface area contributed by atoms with Crippen LogP contribution in [0.2, 0.25) is 0 Å². The van der Waals surface area contributed by atoms with E-state index in [9.17, 15) is 9.59 Å². The molecule has 1 atom stereocenters. The van der Waals surface area contributed by atoms with Crippen molar-refractivity contribution in [2.75, 3.05) is 13.1 Å². The zero-order valence-corrected chi connectivity index (χ0v) is 16.5. The Bertz CT molecular complexity index is 979. The van der Waals surface area contributed by atoms with Crippen molar-refractivity contribution in [1.29, 1.82) is 0 Å². The number of hydrogen-bond acceptors (Lipinski definition) is 4. The Hall–Kier alpha value is -3.19. The van der Waals surface area contributed by atoms with Gasteiger partial charge >= 0.3 is 5.69 Å². The lowest BCUT2D eigenvalue weighted by Gasteiger charge is -2.12. The molecular formula is C22H26N5O2. The van der Waals surface area contributed by atoms with Gasteiger partial charge in [0, 0.05) is 18.9 Å². The van der Waals surface area contributed by atoms with Crippen molar-refractivity contribution in [2.24, 2.45) is 11.7 Å². The van der Waals surface area contributed by atoms with Crippen LogP contribution in [0.1, 0.15) is 24.7 Å². The third kappa shape index (κ3) is 5.20. The Labute approximate surface area is 170 Å². The summed E-state index contributed by atoms with van der Waals surface area (Å²) < 4.78 is 2.96. The molecule has 151 valence electrons. The average molecular weight is 392 g/mol. The number of amides is 1. The topological polar surface area (TPSA) is 94.9 Å². The molecule has 0 aliphatic heterocycles. The molecule has 7 nitrogen and oxygen atoms in total. The van der Waals surface area contributed by atoms with E-state index in [1.807, 2.05) is 60.7 Å². The van der Waals surface area contributed by atoms with Crippen molar-refractivity contribution in [3.05, 3.63) is 89.0 Å². The fraction of sp³-hybridized carbons (Fsp3) is 0.273. The molecular weight excluding hydrogens is 366 g/mol. The minimum absolute atomic E-state index is 0.119. The Morgan fingerprint density at radius 3 is 2.45 bits per heavy atom. The number of benzene rings is 2. The number of carbonyl (C=O) groups excluding carboxylic acids is 1. The van der Waals surface area contributed by atoms with Gasteiger partial charge in [0.1, 0.15) is 5.82 Å². The molecule has 3 N–H and O–H groups in total. The predicted molar refractivity (Wildman–Crippen MR) is 113 cm³/mol. The standard InChI is InChI=1S/C22H26N5O2/c1-17(21(28)24-14-8-13-23)15-20-25-27(19-11-6-3-7-12-19)22(29)26(20)16-18-9-4-2-5-10-18/h2-7,9-12,15,17H,8,13-14,16,23H2,1H3,(H,24,28). The van der Waals surface area contributed by atoms with Crippen molar-refractivity contribution < 1.29 is 4.79 Å². The third-order valence-corrected chi connectivity index (χ3v) is 4.57. The molecule has 0 aliphatic carbocycles. The van der Waals surface area contributed by atoms with Gasteiger partial charge in [0.2, 0.25) is 5.91 Å². The van der Waals surface area contributed by atoms with Gasteiger partial charge in [-0.1, -0.05) is 55.5 Å². The van der Waals surface area contributed by atoms with Gasteiger partial charge in [-0.3, -0.25) is 9.36 Å². The molecule has 0 spiro atoms. The van der Waals surface area contributed by atoms with E-state index < -0.39 is 5.92 Å². The van der Waals surface area contributed by atoms with Gasteiger partial charge in [-0.25, -0.2) is 4.79 Å². The van der Waals surface area contributed by atoms with E-state index in [4.69, 9.17) is 5.73 Å². The highest BCUT2D eigenvalue weighted by molar-refractivity contribution is 5.79. The third-order valence-electron chi connectivity index (χ3n) is 4.57. The number of para-hydroxylation sites is 1. The van der Waals surface area contributed by atoms with Crippen LogP contribution in [0.15, 0.2) is 65.5 Å². The van der Waals surface area contributed by atoms with Gasteiger partial charge in [0.25, 0.3) is 0 Å². The summed E-state index contributed by atoms with van der Waals surface area (Å²) in [5, 5.41) is 7.36. The van der Waals surface area contributed by atoms with Crippen LogP contribution in [0.3, 0.4) is 0 Å². The highest BCUT2D eigenvalue weighted by atomic mass is 16.2. The van der Waals surface area contributed by atoms with Gasteiger partial charge < -0.3 is 11.1 Å². The van der Waals surface area contributed by atoms with Gasteiger partial charge in [-0.2, -0.15) is 4.68 Å². The van der Waals surface area contributed by atoms with Crippen LogP contribution in [-0.2, 0) is 11.3 Å². The Kier molecular flexibility index (Phi) is 6.97. The lowest BCUT2D eigenvalue weighted by molar-refractivity contribution is -0.123. The van der Waals surface area contributed by atoms with Crippen LogP contribution < -0.4 is 16.7 Å².